The second-order valence-corrected chi connectivity index (χ2v) is 7.68. The lowest BCUT2D eigenvalue weighted by molar-refractivity contribution is 0.0418. The highest BCUT2D eigenvalue weighted by atomic mass is 32.1. The molecule has 2 saturated heterocycles. The van der Waals surface area contributed by atoms with Crippen molar-refractivity contribution in [3.05, 3.63) is 35.3 Å². The van der Waals surface area contributed by atoms with Gasteiger partial charge in [-0.1, -0.05) is 0 Å². The van der Waals surface area contributed by atoms with Gasteiger partial charge < -0.3 is 15.0 Å². The quantitative estimate of drug-likeness (QED) is 0.931. The van der Waals surface area contributed by atoms with Crippen LogP contribution in [-0.2, 0) is 0 Å². The van der Waals surface area contributed by atoms with Crippen LogP contribution in [0.5, 0.6) is 5.75 Å². The van der Waals surface area contributed by atoms with Crippen LogP contribution in [0.4, 0.5) is 0 Å². The monoisotopic (exact) mass is 343 g/mol. The van der Waals surface area contributed by atoms with Crippen LogP contribution < -0.4 is 10.1 Å². The van der Waals surface area contributed by atoms with Crippen LogP contribution in [0, 0.1) is 5.41 Å². The SMILES string of the molecule is COc1ccc(-c2ncc(C(=O)N3CCC4(CC3)CNC4)s2)cc1. The topological polar surface area (TPSA) is 54.5 Å². The summed E-state index contributed by atoms with van der Waals surface area (Å²) >= 11 is 1.47. The predicted molar refractivity (Wildman–Crippen MR) is 94.5 cm³/mol. The summed E-state index contributed by atoms with van der Waals surface area (Å²) in [5.74, 6) is 0.939. The molecule has 1 aromatic heterocycles. The molecule has 3 heterocycles. The van der Waals surface area contributed by atoms with E-state index in [1.165, 1.54) is 11.3 Å². The molecular formula is C18H21N3O2S. The molecule has 2 aromatic rings. The first-order chi connectivity index (χ1) is 11.7. The minimum Gasteiger partial charge on any atom is -0.497 e. The summed E-state index contributed by atoms with van der Waals surface area (Å²) < 4.78 is 5.18. The number of hydrogen-bond acceptors (Lipinski definition) is 5. The van der Waals surface area contributed by atoms with Gasteiger partial charge in [-0.3, -0.25) is 4.79 Å². The Bertz CT molecular complexity index is 727. The van der Waals surface area contributed by atoms with E-state index in [2.05, 4.69) is 10.3 Å². The Morgan fingerprint density at radius 3 is 2.54 bits per heavy atom. The fourth-order valence-electron chi connectivity index (χ4n) is 3.41. The Labute approximate surface area is 145 Å². The first-order valence-corrected chi connectivity index (χ1v) is 9.11. The number of methoxy groups -OCH3 is 1. The summed E-state index contributed by atoms with van der Waals surface area (Å²) in [6.07, 6.45) is 3.92. The maximum Gasteiger partial charge on any atom is 0.265 e. The zero-order valence-corrected chi connectivity index (χ0v) is 14.6. The molecule has 1 aromatic carbocycles. The summed E-state index contributed by atoms with van der Waals surface area (Å²) in [5, 5.41) is 4.23. The molecule has 0 aliphatic carbocycles. The summed E-state index contributed by atoms with van der Waals surface area (Å²) in [6, 6.07) is 7.77. The van der Waals surface area contributed by atoms with Crippen molar-refractivity contribution in [2.75, 3.05) is 33.3 Å². The van der Waals surface area contributed by atoms with Gasteiger partial charge in [-0.2, -0.15) is 0 Å². The minimum atomic E-state index is 0.120. The smallest absolute Gasteiger partial charge is 0.265 e. The van der Waals surface area contributed by atoms with Crippen LogP contribution in [-0.4, -0.2) is 49.1 Å². The lowest BCUT2D eigenvalue weighted by atomic mass is 9.73. The largest absolute Gasteiger partial charge is 0.497 e. The third-order valence-corrected chi connectivity index (χ3v) is 6.20. The molecule has 0 unspecified atom stereocenters. The summed E-state index contributed by atoms with van der Waals surface area (Å²) in [4.78, 5) is 19.9. The first-order valence-electron chi connectivity index (χ1n) is 8.29. The summed E-state index contributed by atoms with van der Waals surface area (Å²) in [7, 11) is 1.65. The lowest BCUT2D eigenvalue weighted by Crippen LogP contribution is -2.58. The number of benzene rings is 1. The highest BCUT2D eigenvalue weighted by Gasteiger charge is 2.40. The molecule has 5 nitrogen and oxygen atoms in total. The fourth-order valence-corrected chi connectivity index (χ4v) is 4.30. The molecule has 0 radical (unpaired) electrons. The van der Waals surface area contributed by atoms with Crippen LogP contribution in [0.2, 0.25) is 0 Å². The second-order valence-electron chi connectivity index (χ2n) is 6.65. The first kappa shape index (κ1) is 15.6. The maximum atomic E-state index is 12.7. The minimum absolute atomic E-state index is 0.120. The molecule has 1 spiro atoms. The number of aromatic nitrogens is 1. The van der Waals surface area contributed by atoms with Crippen LogP contribution in [0.15, 0.2) is 30.5 Å². The van der Waals surface area contributed by atoms with Gasteiger partial charge in [0.05, 0.1) is 13.3 Å². The Balaban J connectivity index is 1.45. The van der Waals surface area contributed by atoms with E-state index in [1.807, 2.05) is 29.2 Å². The van der Waals surface area contributed by atoms with Crippen molar-refractivity contribution in [3.8, 4) is 16.3 Å². The van der Waals surface area contributed by atoms with Crippen LogP contribution >= 0.6 is 11.3 Å². The highest BCUT2D eigenvalue weighted by molar-refractivity contribution is 7.16. The molecule has 24 heavy (non-hydrogen) atoms. The standard InChI is InChI=1S/C18H21N3O2S/c1-23-14-4-2-13(3-5-14)16-20-10-15(24-16)17(22)21-8-6-18(7-9-21)11-19-12-18/h2-5,10,19H,6-9,11-12H2,1H3. The Kier molecular flexibility index (Phi) is 4.02. The van der Waals surface area contributed by atoms with E-state index in [0.29, 0.717) is 5.41 Å². The van der Waals surface area contributed by atoms with E-state index in [1.54, 1.807) is 13.3 Å². The number of nitrogens with one attached hydrogen (secondary N) is 1. The van der Waals surface area contributed by atoms with Gasteiger partial charge in [-0.15, -0.1) is 11.3 Å². The number of likely N-dealkylation sites (tertiary alicyclic amines) is 1. The molecule has 126 valence electrons. The van der Waals surface area contributed by atoms with E-state index in [-0.39, 0.29) is 5.91 Å². The molecule has 4 rings (SSSR count). The molecule has 2 fully saturated rings. The van der Waals surface area contributed by atoms with E-state index < -0.39 is 0 Å². The van der Waals surface area contributed by atoms with Crippen molar-refractivity contribution in [2.24, 2.45) is 5.41 Å². The van der Waals surface area contributed by atoms with Gasteiger partial charge in [0, 0.05) is 31.7 Å². The van der Waals surface area contributed by atoms with Gasteiger partial charge in [0.15, 0.2) is 0 Å². The van der Waals surface area contributed by atoms with Crippen molar-refractivity contribution in [3.63, 3.8) is 0 Å². The molecule has 2 aliphatic heterocycles. The number of carbonyl (C=O) groups is 1. The van der Waals surface area contributed by atoms with Gasteiger partial charge in [0.2, 0.25) is 0 Å². The fraction of sp³-hybridized carbons (Fsp3) is 0.444. The number of carbonyl (C=O) groups excluding carboxylic acids is 1. The summed E-state index contributed by atoms with van der Waals surface area (Å²) in [6.45, 7) is 3.93. The summed E-state index contributed by atoms with van der Waals surface area (Å²) in [5.41, 5.74) is 1.47. The number of rotatable bonds is 3. The van der Waals surface area contributed by atoms with Crippen LogP contribution in [0.25, 0.3) is 10.6 Å². The van der Waals surface area contributed by atoms with E-state index >= 15 is 0 Å². The predicted octanol–water partition coefficient (Wildman–Crippen LogP) is 2.64. The van der Waals surface area contributed by atoms with Crippen molar-refractivity contribution in [2.45, 2.75) is 12.8 Å². The molecule has 0 saturated carbocycles. The van der Waals surface area contributed by atoms with Gasteiger partial charge in [0.25, 0.3) is 5.91 Å². The van der Waals surface area contributed by atoms with Gasteiger partial charge in [0.1, 0.15) is 15.6 Å². The van der Waals surface area contributed by atoms with Gasteiger partial charge in [-0.25, -0.2) is 4.98 Å². The molecular weight excluding hydrogens is 322 g/mol. The lowest BCUT2D eigenvalue weighted by Gasteiger charge is -2.48. The molecule has 6 heteroatoms. The number of thiazole rings is 1. The molecule has 0 bridgehead atoms. The van der Waals surface area contributed by atoms with Crippen molar-refractivity contribution in [1.82, 2.24) is 15.2 Å². The molecule has 2 aliphatic rings. The number of ether oxygens (including phenoxy) is 1. The van der Waals surface area contributed by atoms with Crippen molar-refractivity contribution >= 4 is 17.2 Å². The van der Waals surface area contributed by atoms with Gasteiger partial charge >= 0.3 is 0 Å². The number of piperidine rings is 1. The second kappa shape index (κ2) is 6.18. The number of nitrogens with zero attached hydrogens (tertiary/aromatic N) is 2. The van der Waals surface area contributed by atoms with Gasteiger partial charge in [-0.05, 0) is 42.5 Å². The Morgan fingerprint density at radius 1 is 1.25 bits per heavy atom. The molecule has 1 amide bonds. The van der Waals surface area contributed by atoms with Crippen LogP contribution in [0.3, 0.4) is 0 Å². The Hall–Kier alpha value is -1.92. The van der Waals surface area contributed by atoms with Crippen molar-refractivity contribution < 1.29 is 9.53 Å². The average molecular weight is 343 g/mol. The maximum absolute atomic E-state index is 12.7. The average Bonchev–Trinajstić information content (AvgIpc) is 3.10. The number of amides is 1. The normalized spacial score (nSPS) is 19.1. The molecule has 1 N–H and O–H groups in total. The number of hydrogen-bond donors (Lipinski definition) is 1. The van der Waals surface area contributed by atoms with E-state index in [4.69, 9.17) is 4.74 Å². The van der Waals surface area contributed by atoms with Crippen LogP contribution in [0.1, 0.15) is 22.5 Å². The zero-order chi connectivity index (χ0) is 16.6. The highest BCUT2D eigenvalue weighted by Crippen LogP contribution is 2.36. The third kappa shape index (κ3) is 2.80. The third-order valence-electron chi connectivity index (χ3n) is 5.16. The Morgan fingerprint density at radius 2 is 1.96 bits per heavy atom. The van der Waals surface area contributed by atoms with Crippen molar-refractivity contribution in [1.29, 1.82) is 0 Å². The molecule has 0 atom stereocenters. The zero-order valence-electron chi connectivity index (χ0n) is 13.7. The van der Waals surface area contributed by atoms with E-state index in [0.717, 1.165) is 60.2 Å². The van der Waals surface area contributed by atoms with E-state index in [9.17, 15) is 4.79 Å².